The van der Waals surface area contributed by atoms with Gasteiger partial charge in [-0.25, -0.2) is 0 Å². The summed E-state index contributed by atoms with van der Waals surface area (Å²) in [5.74, 6) is 0.492. The predicted octanol–water partition coefficient (Wildman–Crippen LogP) is 2.48. The van der Waals surface area contributed by atoms with Crippen molar-refractivity contribution in [1.82, 2.24) is 9.78 Å². The van der Waals surface area contributed by atoms with Gasteiger partial charge in [0.25, 0.3) is 0 Å². The molecule has 1 rings (SSSR count). The van der Waals surface area contributed by atoms with Crippen molar-refractivity contribution in [2.24, 2.45) is 0 Å². The first kappa shape index (κ1) is 12.2. The molecule has 1 atom stereocenters. The van der Waals surface area contributed by atoms with Gasteiger partial charge in [0, 0.05) is 5.69 Å². The van der Waals surface area contributed by atoms with Crippen LogP contribution in [0, 0.1) is 6.92 Å². The fourth-order valence-electron chi connectivity index (χ4n) is 1.51. The quantitative estimate of drug-likeness (QED) is 0.829. The molecule has 3 heteroatoms. The van der Waals surface area contributed by atoms with E-state index in [1.54, 1.807) is 13.8 Å². The van der Waals surface area contributed by atoms with Gasteiger partial charge in [0.05, 0.1) is 17.8 Å². The van der Waals surface area contributed by atoms with Gasteiger partial charge in [-0.05, 0) is 39.2 Å². The second-order valence-electron chi connectivity index (χ2n) is 4.99. The van der Waals surface area contributed by atoms with E-state index in [1.165, 1.54) is 0 Å². The summed E-state index contributed by atoms with van der Waals surface area (Å²) in [5, 5.41) is 14.3. The van der Waals surface area contributed by atoms with Gasteiger partial charge in [0.2, 0.25) is 0 Å². The van der Waals surface area contributed by atoms with E-state index in [1.807, 2.05) is 11.6 Å². The summed E-state index contributed by atoms with van der Waals surface area (Å²) < 4.78 is 1.89. The fourth-order valence-corrected chi connectivity index (χ4v) is 1.51. The van der Waals surface area contributed by atoms with Gasteiger partial charge in [-0.3, -0.25) is 4.68 Å². The van der Waals surface area contributed by atoms with Crippen molar-refractivity contribution in [2.75, 3.05) is 0 Å². The van der Waals surface area contributed by atoms with Crippen molar-refractivity contribution in [3.8, 4) is 0 Å². The van der Waals surface area contributed by atoms with Crippen LogP contribution in [0.3, 0.4) is 0 Å². The first-order valence-corrected chi connectivity index (χ1v) is 5.60. The molecule has 0 bridgehead atoms. The zero-order chi connectivity index (χ0) is 11.6. The summed E-state index contributed by atoms with van der Waals surface area (Å²) in [4.78, 5) is 0. The van der Waals surface area contributed by atoms with Gasteiger partial charge >= 0.3 is 0 Å². The molecule has 3 nitrogen and oxygen atoms in total. The average Bonchev–Trinajstić information content (AvgIpc) is 2.44. The Bertz CT molecular complexity index is 323. The smallest absolute Gasteiger partial charge is 0.0786 e. The zero-order valence-corrected chi connectivity index (χ0v) is 10.4. The normalized spacial score (nSPS) is 14.3. The number of aromatic nitrogens is 2. The third-order valence-electron chi connectivity index (χ3n) is 2.65. The minimum Gasteiger partial charge on any atom is -0.389 e. The molecule has 0 spiro atoms. The lowest BCUT2D eigenvalue weighted by molar-refractivity contribution is 0.0569. The summed E-state index contributed by atoms with van der Waals surface area (Å²) in [6.07, 6.45) is 1.10. The van der Waals surface area contributed by atoms with Gasteiger partial charge in [-0.2, -0.15) is 5.10 Å². The Hall–Kier alpha value is -0.830. The van der Waals surface area contributed by atoms with E-state index in [0.717, 1.165) is 17.8 Å². The highest BCUT2D eigenvalue weighted by molar-refractivity contribution is 5.12. The number of aliphatic hydroxyl groups is 1. The molecule has 1 heterocycles. The van der Waals surface area contributed by atoms with Crippen LogP contribution in [0.1, 0.15) is 51.4 Å². The first-order chi connectivity index (χ1) is 6.83. The molecule has 0 aliphatic rings. The number of hydrogen-bond donors (Lipinski definition) is 1. The van der Waals surface area contributed by atoms with E-state index in [9.17, 15) is 5.11 Å². The third kappa shape index (κ3) is 3.34. The lowest BCUT2D eigenvalue weighted by Crippen LogP contribution is -2.27. The fraction of sp³-hybridized carbons (Fsp3) is 0.750. The highest BCUT2D eigenvalue weighted by atomic mass is 16.3. The molecule has 86 valence electrons. The van der Waals surface area contributed by atoms with Crippen LogP contribution in [0.4, 0.5) is 0 Å². The maximum absolute atomic E-state index is 9.74. The van der Waals surface area contributed by atoms with E-state index in [0.29, 0.717) is 12.5 Å². The summed E-state index contributed by atoms with van der Waals surface area (Å²) in [7, 11) is 0. The van der Waals surface area contributed by atoms with Gasteiger partial charge in [-0.15, -0.1) is 0 Å². The van der Waals surface area contributed by atoms with Crippen molar-refractivity contribution in [3.05, 3.63) is 17.5 Å². The molecule has 1 aromatic rings. The Balaban J connectivity index is 2.87. The molecule has 0 saturated carbocycles. The Kier molecular flexibility index (Phi) is 3.55. The van der Waals surface area contributed by atoms with Gasteiger partial charge in [-0.1, -0.05) is 13.8 Å². The number of aryl methyl sites for hydroxylation is 1. The second-order valence-corrected chi connectivity index (χ2v) is 4.99. The standard InChI is InChI=1S/C12H22N2O/c1-6-9(2)11-7-10(3)14(13-11)8-12(4,5)15/h7,9,15H,6,8H2,1-5H3. The summed E-state index contributed by atoms with van der Waals surface area (Å²) >= 11 is 0. The van der Waals surface area contributed by atoms with Gasteiger partial charge < -0.3 is 5.11 Å². The van der Waals surface area contributed by atoms with Crippen LogP contribution in [0.2, 0.25) is 0 Å². The highest BCUT2D eigenvalue weighted by Crippen LogP contribution is 2.19. The molecule has 1 N–H and O–H groups in total. The predicted molar refractivity (Wildman–Crippen MR) is 62.0 cm³/mol. The van der Waals surface area contributed by atoms with E-state index in [4.69, 9.17) is 0 Å². The monoisotopic (exact) mass is 210 g/mol. The minimum atomic E-state index is -0.705. The van der Waals surface area contributed by atoms with Crippen molar-refractivity contribution in [3.63, 3.8) is 0 Å². The summed E-state index contributed by atoms with van der Waals surface area (Å²) in [5.41, 5.74) is 1.54. The molecular weight excluding hydrogens is 188 g/mol. The largest absolute Gasteiger partial charge is 0.389 e. The summed E-state index contributed by atoms with van der Waals surface area (Å²) in [6, 6.07) is 2.11. The molecule has 1 aromatic heterocycles. The minimum absolute atomic E-state index is 0.492. The van der Waals surface area contributed by atoms with Gasteiger partial charge in [0.15, 0.2) is 0 Å². The van der Waals surface area contributed by atoms with Crippen molar-refractivity contribution in [1.29, 1.82) is 0 Å². The van der Waals surface area contributed by atoms with E-state index in [-0.39, 0.29) is 0 Å². The number of hydrogen-bond acceptors (Lipinski definition) is 2. The van der Waals surface area contributed by atoms with Crippen LogP contribution < -0.4 is 0 Å². The topological polar surface area (TPSA) is 38.0 Å². The lowest BCUT2D eigenvalue weighted by atomic mass is 10.1. The Morgan fingerprint density at radius 1 is 1.53 bits per heavy atom. The van der Waals surface area contributed by atoms with Crippen LogP contribution in [0.5, 0.6) is 0 Å². The van der Waals surface area contributed by atoms with E-state index >= 15 is 0 Å². The molecular formula is C12H22N2O. The van der Waals surface area contributed by atoms with Crippen LogP contribution in [0.15, 0.2) is 6.07 Å². The number of nitrogens with zero attached hydrogens (tertiary/aromatic N) is 2. The van der Waals surface area contributed by atoms with Crippen molar-refractivity contribution >= 4 is 0 Å². The first-order valence-electron chi connectivity index (χ1n) is 5.60. The maximum atomic E-state index is 9.74. The molecule has 0 amide bonds. The third-order valence-corrected chi connectivity index (χ3v) is 2.65. The number of rotatable bonds is 4. The SMILES string of the molecule is CCC(C)c1cc(C)n(CC(C)(C)O)n1. The molecule has 0 fully saturated rings. The van der Waals surface area contributed by atoms with Crippen molar-refractivity contribution in [2.45, 2.75) is 59.1 Å². The maximum Gasteiger partial charge on any atom is 0.0786 e. The van der Waals surface area contributed by atoms with E-state index < -0.39 is 5.60 Å². The van der Waals surface area contributed by atoms with Crippen LogP contribution in [0.25, 0.3) is 0 Å². The molecule has 1 unspecified atom stereocenters. The van der Waals surface area contributed by atoms with Crippen LogP contribution in [-0.4, -0.2) is 20.5 Å². The molecule has 0 aromatic carbocycles. The Morgan fingerprint density at radius 2 is 2.13 bits per heavy atom. The van der Waals surface area contributed by atoms with Crippen LogP contribution >= 0.6 is 0 Å². The average molecular weight is 210 g/mol. The zero-order valence-electron chi connectivity index (χ0n) is 10.4. The molecule has 0 radical (unpaired) electrons. The molecule has 0 aliphatic carbocycles. The molecule has 0 aliphatic heterocycles. The second kappa shape index (κ2) is 4.35. The molecule has 0 saturated heterocycles. The van der Waals surface area contributed by atoms with Crippen molar-refractivity contribution < 1.29 is 5.11 Å². The molecule has 15 heavy (non-hydrogen) atoms. The highest BCUT2D eigenvalue weighted by Gasteiger charge is 2.17. The van der Waals surface area contributed by atoms with E-state index in [2.05, 4.69) is 25.0 Å². The Labute approximate surface area is 92.1 Å². The Morgan fingerprint density at radius 3 is 2.60 bits per heavy atom. The van der Waals surface area contributed by atoms with Crippen LogP contribution in [-0.2, 0) is 6.54 Å². The summed E-state index contributed by atoms with van der Waals surface area (Å²) in [6.45, 7) is 10.5. The van der Waals surface area contributed by atoms with Gasteiger partial charge in [0.1, 0.15) is 0 Å². The lowest BCUT2D eigenvalue weighted by Gasteiger charge is -2.17.